The average Bonchev–Trinajstić information content (AvgIpc) is 2.38. The van der Waals surface area contributed by atoms with E-state index in [0.29, 0.717) is 24.3 Å². The second kappa shape index (κ2) is 6.50. The molecule has 5 nitrogen and oxygen atoms in total. The van der Waals surface area contributed by atoms with Gasteiger partial charge in [-0.05, 0) is 12.1 Å². The summed E-state index contributed by atoms with van der Waals surface area (Å²) in [6.07, 6.45) is 0.413. The molecule has 1 N–H and O–H groups in total. The summed E-state index contributed by atoms with van der Waals surface area (Å²) >= 11 is 0. The van der Waals surface area contributed by atoms with Crippen LogP contribution < -0.4 is 10.1 Å². The van der Waals surface area contributed by atoms with Crippen LogP contribution in [0.3, 0.4) is 0 Å². The molecule has 1 rings (SSSR count). The first-order valence-corrected chi connectivity index (χ1v) is 5.60. The van der Waals surface area contributed by atoms with Crippen molar-refractivity contribution in [2.45, 2.75) is 6.42 Å². The molecule has 0 spiro atoms. The summed E-state index contributed by atoms with van der Waals surface area (Å²) in [7, 11) is 5.00. The predicted molar refractivity (Wildman–Crippen MR) is 69.5 cm³/mol. The third-order valence-electron chi connectivity index (χ3n) is 2.48. The molecule has 0 heterocycles. The van der Waals surface area contributed by atoms with Crippen molar-refractivity contribution in [3.8, 4) is 11.8 Å². The van der Waals surface area contributed by atoms with Crippen LogP contribution in [-0.2, 0) is 4.79 Å². The number of carbonyl (C=O) groups is 1. The van der Waals surface area contributed by atoms with E-state index in [2.05, 4.69) is 5.32 Å². The molecule has 0 saturated carbocycles. The first-order chi connectivity index (χ1) is 8.58. The Balaban J connectivity index is 2.62. The molecule has 1 aromatic rings. The second-order valence-electron chi connectivity index (χ2n) is 3.99. The third-order valence-corrected chi connectivity index (χ3v) is 2.48. The lowest BCUT2D eigenvalue weighted by Gasteiger charge is -2.13. The number of methoxy groups -OCH3 is 1. The summed E-state index contributed by atoms with van der Waals surface area (Å²) in [5, 5.41) is 11.9. The maximum atomic E-state index is 11.4. The molecule has 5 heteroatoms. The van der Waals surface area contributed by atoms with Crippen molar-refractivity contribution >= 4 is 11.6 Å². The zero-order valence-corrected chi connectivity index (χ0v) is 10.9. The topological polar surface area (TPSA) is 65.4 Å². The Morgan fingerprint density at radius 3 is 2.78 bits per heavy atom. The zero-order chi connectivity index (χ0) is 13.5. The summed E-state index contributed by atoms with van der Waals surface area (Å²) < 4.78 is 5.18. The Morgan fingerprint density at radius 1 is 1.50 bits per heavy atom. The molecule has 0 aliphatic carbocycles. The number of rotatable bonds is 5. The van der Waals surface area contributed by atoms with Crippen LogP contribution in [0, 0.1) is 11.3 Å². The van der Waals surface area contributed by atoms with Crippen LogP contribution in [0.2, 0.25) is 0 Å². The SMILES string of the molecule is COc1cc(C#N)ccc1NCCC(=O)N(C)C. The molecule has 0 atom stereocenters. The van der Waals surface area contributed by atoms with E-state index in [1.54, 1.807) is 44.3 Å². The fourth-order valence-corrected chi connectivity index (χ4v) is 1.43. The minimum atomic E-state index is 0.0649. The van der Waals surface area contributed by atoms with Crippen molar-refractivity contribution in [1.29, 1.82) is 5.26 Å². The lowest BCUT2D eigenvalue weighted by molar-refractivity contribution is -0.128. The van der Waals surface area contributed by atoms with Crippen LogP contribution in [0.25, 0.3) is 0 Å². The van der Waals surface area contributed by atoms with Gasteiger partial charge in [0.05, 0.1) is 24.4 Å². The van der Waals surface area contributed by atoms with Gasteiger partial charge in [-0.2, -0.15) is 5.26 Å². The van der Waals surface area contributed by atoms with Crippen LogP contribution in [-0.4, -0.2) is 38.6 Å². The highest BCUT2D eigenvalue weighted by Gasteiger charge is 2.06. The van der Waals surface area contributed by atoms with Crippen LogP contribution in [0.1, 0.15) is 12.0 Å². The highest BCUT2D eigenvalue weighted by atomic mass is 16.5. The van der Waals surface area contributed by atoms with Gasteiger partial charge in [0.1, 0.15) is 5.75 Å². The normalized spacial score (nSPS) is 9.44. The van der Waals surface area contributed by atoms with Gasteiger partial charge < -0.3 is 15.0 Å². The lowest BCUT2D eigenvalue weighted by Crippen LogP contribution is -2.23. The van der Waals surface area contributed by atoms with Crippen molar-refractivity contribution in [2.75, 3.05) is 33.1 Å². The molecule has 18 heavy (non-hydrogen) atoms. The quantitative estimate of drug-likeness (QED) is 0.855. The number of nitriles is 1. The van der Waals surface area contributed by atoms with E-state index in [0.717, 1.165) is 5.69 Å². The Bertz CT molecular complexity index is 464. The molecule has 0 aromatic heterocycles. The molecule has 96 valence electrons. The molecule has 0 aliphatic heterocycles. The Morgan fingerprint density at radius 2 is 2.22 bits per heavy atom. The summed E-state index contributed by atoms with van der Waals surface area (Å²) in [6.45, 7) is 0.527. The molecular formula is C13H17N3O2. The highest BCUT2D eigenvalue weighted by molar-refractivity contribution is 5.76. The van der Waals surface area contributed by atoms with E-state index in [4.69, 9.17) is 10.00 Å². The Kier molecular flexibility index (Phi) is 5.00. The summed E-state index contributed by atoms with van der Waals surface area (Å²) in [6, 6.07) is 7.19. The van der Waals surface area contributed by atoms with E-state index in [1.165, 1.54) is 0 Å². The molecule has 1 amide bonds. The first kappa shape index (κ1) is 13.8. The number of hydrogen-bond acceptors (Lipinski definition) is 4. The van der Waals surface area contributed by atoms with Gasteiger partial charge >= 0.3 is 0 Å². The fraction of sp³-hybridized carbons (Fsp3) is 0.385. The minimum absolute atomic E-state index is 0.0649. The van der Waals surface area contributed by atoms with Gasteiger partial charge in [0, 0.05) is 33.1 Å². The van der Waals surface area contributed by atoms with Crippen molar-refractivity contribution in [1.82, 2.24) is 4.90 Å². The fourth-order valence-electron chi connectivity index (χ4n) is 1.43. The number of ether oxygens (including phenoxy) is 1. The molecule has 0 aliphatic rings. The molecule has 0 unspecified atom stereocenters. The van der Waals surface area contributed by atoms with E-state index < -0.39 is 0 Å². The van der Waals surface area contributed by atoms with Gasteiger partial charge in [0.2, 0.25) is 5.91 Å². The van der Waals surface area contributed by atoms with E-state index in [9.17, 15) is 4.79 Å². The second-order valence-corrected chi connectivity index (χ2v) is 3.99. The number of hydrogen-bond donors (Lipinski definition) is 1. The highest BCUT2D eigenvalue weighted by Crippen LogP contribution is 2.25. The molecule has 1 aromatic carbocycles. The maximum absolute atomic E-state index is 11.4. The van der Waals surface area contributed by atoms with Crippen molar-refractivity contribution in [2.24, 2.45) is 0 Å². The van der Waals surface area contributed by atoms with Crippen molar-refractivity contribution in [3.63, 3.8) is 0 Å². The van der Waals surface area contributed by atoms with E-state index >= 15 is 0 Å². The molecule has 0 bridgehead atoms. The number of anilines is 1. The van der Waals surface area contributed by atoms with Crippen LogP contribution in [0.4, 0.5) is 5.69 Å². The summed E-state index contributed by atoms with van der Waals surface area (Å²) in [4.78, 5) is 13.0. The number of benzene rings is 1. The third kappa shape index (κ3) is 3.67. The first-order valence-electron chi connectivity index (χ1n) is 5.60. The number of amides is 1. The van der Waals surface area contributed by atoms with Crippen molar-refractivity contribution < 1.29 is 9.53 Å². The van der Waals surface area contributed by atoms with Crippen LogP contribution in [0.15, 0.2) is 18.2 Å². The molecule has 0 saturated heterocycles. The van der Waals surface area contributed by atoms with E-state index in [-0.39, 0.29) is 5.91 Å². The van der Waals surface area contributed by atoms with Gasteiger partial charge in [-0.15, -0.1) is 0 Å². The number of nitrogens with one attached hydrogen (secondary N) is 1. The minimum Gasteiger partial charge on any atom is -0.495 e. The van der Waals surface area contributed by atoms with Crippen molar-refractivity contribution in [3.05, 3.63) is 23.8 Å². The number of nitrogens with zero attached hydrogens (tertiary/aromatic N) is 2. The smallest absolute Gasteiger partial charge is 0.223 e. The predicted octanol–water partition coefficient (Wildman–Crippen LogP) is 1.46. The largest absolute Gasteiger partial charge is 0.495 e. The Hall–Kier alpha value is -2.22. The summed E-state index contributed by atoms with van der Waals surface area (Å²) in [5.41, 5.74) is 1.32. The number of carbonyl (C=O) groups excluding carboxylic acids is 1. The average molecular weight is 247 g/mol. The zero-order valence-electron chi connectivity index (χ0n) is 10.9. The molecule has 0 radical (unpaired) electrons. The van der Waals surface area contributed by atoms with Gasteiger partial charge in [-0.1, -0.05) is 0 Å². The van der Waals surface area contributed by atoms with Gasteiger partial charge in [-0.3, -0.25) is 4.79 Å². The standard InChI is InChI=1S/C13H17N3O2/c1-16(2)13(17)6-7-15-11-5-4-10(9-14)8-12(11)18-3/h4-5,8,15H,6-7H2,1-3H3. The molecular weight excluding hydrogens is 230 g/mol. The molecule has 0 fully saturated rings. The van der Waals surface area contributed by atoms with E-state index in [1.807, 2.05) is 6.07 Å². The summed E-state index contributed by atoms with van der Waals surface area (Å²) in [5.74, 6) is 0.668. The van der Waals surface area contributed by atoms with Crippen LogP contribution in [0.5, 0.6) is 5.75 Å². The van der Waals surface area contributed by atoms with Gasteiger partial charge in [0.25, 0.3) is 0 Å². The maximum Gasteiger partial charge on any atom is 0.223 e. The monoisotopic (exact) mass is 247 g/mol. The lowest BCUT2D eigenvalue weighted by atomic mass is 10.2. The van der Waals surface area contributed by atoms with Crippen LogP contribution >= 0.6 is 0 Å². The Labute approximate surface area is 107 Å². The van der Waals surface area contributed by atoms with Gasteiger partial charge in [0.15, 0.2) is 0 Å². The van der Waals surface area contributed by atoms with Gasteiger partial charge in [-0.25, -0.2) is 0 Å².